The van der Waals surface area contributed by atoms with Crippen LogP contribution in [0.2, 0.25) is 0 Å². The molecule has 1 N–H and O–H groups in total. The Kier molecular flexibility index (Phi) is 4.77. The van der Waals surface area contributed by atoms with Gasteiger partial charge in [-0.3, -0.25) is 9.59 Å². The Hall–Kier alpha value is -4.20. The summed E-state index contributed by atoms with van der Waals surface area (Å²) < 4.78 is 23.0. The van der Waals surface area contributed by atoms with E-state index in [1.165, 1.54) is 0 Å². The number of nitriles is 1. The zero-order valence-electron chi connectivity index (χ0n) is 20.4. The minimum atomic E-state index is -1.21. The Morgan fingerprint density at radius 2 is 1.95 bits per heavy atom. The van der Waals surface area contributed by atoms with E-state index < -0.39 is 41.0 Å². The summed E-state index contributed by atoms with van der Waals surface area (Å²) in [5.41, 5.74) is -1.50. The smallest absolute Gasteiger partial charge is 0.242 e. The molecular weight excluding hydrogens is 490 g/mol. The fraction of sp³-hybridized carbons (Fsp3) is 0.357. The molecule has 0 radical (unpaired) electrons. The second-order valence-corrected chi connectivity index (χ2v) is 10.3. The third-order valence-electron chi connectivity index (χ3n) is 8.31. The molecule has 7 rings (SSSR count). The van der Waals surface area contributed by atoms with Gasteiger partial charge in [-0.2, -0.15) is 5.26 Å². The average molecular weight is 514 g/mol. The van der Waals surface area contributed by atoms with Gasteiger partial charge in [-0.05, 0) is 37.3 Å². The summed E-state index contributed by atoms with van der Waals surface area (Å²) in [6.07, 6.45) is -0.404. The van der Waals surface area contributed by atoms with E-state index in [9.17, 15) is 20.0 Å². The van der Waals surface area contributed by atoms with Crippen molar-refractivity contribution in [1.82, 2.24) is 4.98 Å². The Labute approximate surface area is 217 Å². The fourth-order valence-electron chi connectivity index (χ4n) is 6.51. The van der Waals surface area contributed by atoms with Crippen LogP contribution in [0.5, 0.6) is 17.2 Å². The number of aliphatic hydroxyl groups excluding tert-OH is 1. The van der Waals surface area contributed by atoms with Crippen LogP contribution in [0.15, 0.2) is 48.5 Å². The molecule has 2 aromatic carbocycles. The molecule has 0 aliphatic carbocycles. The highest BCUT2D eigenvalue weighted by Crippen LogP contribution is 2.62. The zero-order valence-corrected chi connectivity index (χ0v) is 20.4. The second-order valence-electron chi connectivity index (χ2n) is 10.3. The number of fused-ring (bicyclic) bond motifs is 7. The van der Waals surface area contributed by atoms with Crippen LogP contribution in [-0.4, -0.2) is 52.6 Å². The first-order valence-corrected chi connectivity index (χ1v) is 12.4. The first-order valence-electron chi connectivity index (χ1n) is 12.4. The Balaban J connectivity index is 1.19. The second kappa shape index (κ2) is 7.90. The van der Waals surface area contributed by atoms with Gasteiger partial charge in [-0.1, -0.05) is 12.1 Å². The third-order valence-corrected chi connectivity index (χ3v) is 8.31. The van der Waals surface area contributed by atoms with E-state index in [0.29, 0.717) is 34.7 Å². The summed E-state index contributed by atoms with van der Waals surface area (Å²) in [4.78, 5) is 33.2. The summed E-state index contributed by atoms with van der Waals surface area (Å²) in [7, 11) is 0. The normalized spacial score (nSPS) is 30.7. The van der Waals surface area contributed by atoms with E-state index in [0.717, 1.165) is 10.3 Å². The number of carbonyl (C=O) groups is 2. The summed E-state index contributed by atoms with van der Waals surface area (Å²) in [5, 5.41) is 21.2. The number of pyridine rings is 1. The summed E-state index contributed by atoms with van der Waals surface area (Å²) in [6.45, 7) is 2.05. The van der Waals surface area contributed by atoms with Crippen molar-refractivity contribution in [2.75, 3.05) is 18.3 Å². The van der Waals surface area contributed by atoms with E-state index in [4.69, 9.17) is 18.9 Å². The van der Waals surface area contributed by atoms with Crippen LogP contribution in [0, 0.1) is 23.2 Å². The van der Waals surface area contributed by atoms with E-state index in [1.54, 1.807) is 49.4 Å². The maximum atomic E-state index is 13.9. The van der Waals surface area contributed by atoms with Gasteiger partial charge in [0.05, 0.1) is 41.2 Å². The van der Waals surface area contributed by atoms with Crippen LogP contribution < -0.4 is 19.1 Å². The monoisotopic (exact) mass is 513 g/mol. The Morgan fingerprint density at radius 1 is 1.13 bits per heavy atom. The average Bonchev–Trinajstić information content (AvgIpc) is 3.62. The molecule has 38 heavy (non-hydrogen) atoms. The van der Waals surface area contributed by atoms with Crippen LogP contribution in [0.4, 0.5) is 5.82 Å². The highest BCUT2D eigenvalue weighted by Gasteiger charge is 2.77. The lowest BCUT2D eigenvalue weighted by molar-refractivity contribution is -0.134. The van der Waals surface area contributed by atoms with Crippen molar-refractivity contribution in [2.45, 2.75) is 37.1 Å². The topological polar surface area (TPSA) is 131 Å². The number of nitrogens with zero attached hydrogens (tertiary/aromatic N) is 3. The molecule has 1 aromatic heterocycles. The summed E-state index contributed by atoms with van der Waals surface area (Å²) in [5.74, 6) is -0.538. The van der Waals surface area contributed by atoms with Gasteiger partial charge in [-0.25, -0.2) is 9.88 Å². The van der Waals surface area contributed by atoms with Gasteiger partial charge in [0, 0.05) is 24.3 Å². The van der Waals surface area contributed by atoms with Gasteiger partial charge >= 0.3 is 0 Å². The zero-order chi connectivity index (χ0) is 26.2. The SMILES string of the molecule is CC12OC(CCOc3ccc4c(c3)OCO4)(CC1O)C1C(=O)N(c3ccc4cccc(C#N)c4n3)C(=O)C12. The minimum Gasteiger partial charge on any atom is -0.493 e. The molecule has 4 aliphatic rings. The third kappa shape index (κ3) is 3.03. The maximum Gasteiger partial charge on any atom is 0.242 e. The minimum absolute atomic E-state index is 0.159. The molecular formula is C28H23N3O7. The molecule has 0 spiro atoms. The van der Waals surface area contributed by atoms with Crippen LogP contribution in [0.1, 0.15) is 25.3 Å². The van der Waals surface area contributed by atoms with Gasteiger partial charge < -0.3 is 24.1 Å². The van der Waals surface area contributed by atoms with Gasteiger partial charge in [0.25, 0.3) is 0 Å². The molecule has 5 atom stereocenters. The number of hydrogen-bond acceptors (Lipinski definition) is 9. The summed E-state index contributed by atoms with van der Waals surface area (Å²) >= 11 is 0. The molecule has 2 bridgehead atoms. The summed E-state index contributed by atoms with van der Waals surface area (Å²) in [6, 6.07) is 15.9. The molecule has 2 amide bonds. The van der Waals surface area contributed by atoms with E-state index >= 15 is 0 Å². The molecule has 0 saturated carbocycles. The molecule has 4 aliphatic heterocycles. The van der Waals surface area contributed by atoms with E-state index in [1.807, 2.05) is 6.07 Å². The van der Waals surface area contributed by atoms with Crippen LogP contribution in [0.25, 0.3) is 10.9 Å². The Morgan fingerprint density at radius 3 is 2.79 bits per heavy atom. The predicted octanol–water partition coefficient (Wildman–Crippen LogP) is 2.70. The molecule has 192 valence electrons. The van der Waals surface area contributed by atoms with Crippen LogP contribution in [-0.2, 0) is 14.3 Å². The van der Waals surface area contributed by atoms with E-state index in [-0.39, 0.29) is 25.6 Å². The van der Waals surface area contributed by atoms with Crippen LogP contribution in [0.3, 0.4) is 0 Å². The fourth-order valence-corrected chi connectivity index (χ4v) is 6.51. The number of imide groups is 1. The first-order chi connectivity index (χ1) is 18.3. The van der Waals surface area contributed by atoms with Gasteiger partial charge in [0.2, 0.25) is 18.6 Å². The van der Waals surface area contributed by atoms with Crippen molar-refractivity contribution in [3.05, 3.63) is 54.1 Å². The Bertz CT molecular complexity index is 1570. The van der Waals surface area contributed by atoms with Crippen molar-refractivity contribution < 1.29 is 33.6 Å². The highest BCUT2D eigenvalue weighted by atomic mass is 16.7. The van der Waals surface area contributed by atoms with E-state index in [2.05, 4.69) is 11.1 Å². The van der Waals surface area contributed by atoms with Gasteiger partial charge in [0.1, 0.15) is 23.2 Å². The lowest BCUT2D eigenvalue weighted by Gasteiger charge is -2.33. The number of aromatic nitrogens is 1. The number of amides is 2. The first kappa shape index (κ1) is 23.0. The largest absolute Gasteiger partial charge is 0.493 e. The van der Waals surface area contributed by atoms with Crippen molar-refractivity contribution in [2.24, 2.45) is 11.8 Å². The van der Waals surface area contributed by atoms with Crippen molar-refractivity contribution in [1.29, 1.82) is 5.26 Å². The standard InChI is InChI=1S/C28H23N3O7/c1-27-20(32)12-28(38-27,9-10-35-17-6-7-18-19(11-17)37-14-36-18)23-22(27)25(33)31(26(23)34)21-8-5-15-3-2-4-16(13-29)24(15)30-21/h2-8,11,20,22-23,32H,9-10,12,14H2,1H3. The van der Waals surface area contributed by atoms with Crippen molar-refractivity contribution in [3.8, 4) is 23.3 Å². The lowest BCUT2D eigenvalue weighted by atomic mass is 9.66. The van der Waals surface area contributed by atoms with Crippen molar-refractivity contribution in [3.63, 3.8) is 0 Å². The van der Waals surface area contributed by atoms with Crippen LogP contribution >= 0.6 is 0 Å². The molecule has 5 heterocycles. The molecule has 3 saturated heterocycles. The number of anilines is 1. The highest BCUT2D eigenvalue weighted by molar-refractivity contribution is 6.23. The number of ether oxygens (including phenoxy) is 4. The number of hydrogen-bond donors (Lipinski definition) is 1. The molecule has 3 aromatic rings. The molecule has 10 nitrogen and oxygen atoms in total. The molecule has 3 fully saturated rings. The van der Waals surface area contributed by atoms with Gasteiger partial charge in [-0.15, -0.1) is 0 Å². The number of carbonyl (C=O) groups excluding carboxylic acids is 2. The number of rotatable bonds is 5. The molecule has 5 unspecified atom stereocenters. The number of benzene rings is 2. The number of aliphatic hydroxyl groups is 1. The molecule has 10 heteroatoms. The maximum absolute atomic E-state index is 13.9. The quantitative estimate of drug-likeness (QED) is 0.512. The van der Waals surface area contributed by atoms with Gasteiger partial charge in [0.15, 0.2) is 11.5 Å². The predicted molar refractivity (Wildman–Crippen MR) is 131 cm³/mol. The number of para-hydroxylation sites is 1. The lowest BCUT2D eigenvalue weighted by Crippen LogP contribution is -2.49. The van der Waals surface area contributed by atoms with Crippen molar-refractivity contribution >= 4 is 28.5 Å².